The second-order valence-electron chi connectivity index (χ2n) is 6.32. The zero-order valence-electron chi connectivity index (χ0n) is 13.0. The normalized spacial score (nSPS) is 23.0. The van der Waals surface area contributed by atoms with Gasteiger partial charge in [0, 0.05) is 31.8 Å². The van der Waals surface area contributed by atoms with E-state index in [2.05, 4.69) is 40.5 Å². The molecule has 0 amide bonds. The summed E-state index contributed by atoms with van der Waals surface area (Å²) in [7, 11) is 0. The molecule has 21 heavy (non-hydrogen) atoms. The van der Waals surface area contributed by atoms with E-state index in [0.29, 0.717) is 12.1 Å². The predicted octanol–water partition coefficient (Wildman–Crippen LogP) is 2.98. The lowest BCUT2D eigenvalue weighted by Gasteiger charge is -2.36. The van der Waals surface area contributed by atoms with Crippen LogP contribution in [-0.2, 0) is 4.74 Å². The van der Waals surface area contributed by atoms with Gasteiger partial charge < -0.3 is 10.1 Å². The van der Waals surface area contributed by atoms with E-state index in [4.69, 9.17) is 4.74 Å². The van der Waals surface area contributed by atoms with Crippen molar-refractivity contribution in [3.8, 4) is 0 Å². The number of likely N-dealkylation sites (tertiary alicyclic amines) is 1. The number of hydrogen-bond acceptors (Lipinski definition) is 3. The summed E-state index contributed by atoms with van der Waals surface area (Å²) in [6.07, 6.45) is 6.40. The largest absolute Gasteiger partial charge is 0.381 e. The Kier molecular flexibility index (Phi) is 5.67. The molecular formula is C18H28N2O. The summed E-state index contributed by atoms with van der Waals surface area (Å²) in [4.78, 5) is 2.67. The third-order valence-electron chi connectivity index (χ3n) is 4.84. The van der Waals surface area contributed by atoms with E-state index in [-0.39, 0.29) is 0 Å². The molecule has 1 atom stereocenters. The van der Waals surface area contributed by atoms with Crippen molar-refractivity contribution < 1.29 is 4.74 Å². The smallest absolute Gasteiger partial charge is 0.0480 e. The molecule has 2 aliphatic rings. The Labute approximate surface area is 128 Å². The summed E-state index contributed by atoms with van der Waals surface area (Å²) < 4.78 is 5.46. The van der Waals surface area contributed by atoms with Crippen LogP contribution in [0, 0.1) is 0 Å². The van der Waals surface area contributed by atoms with Gasteiger partial charge in [-0.2, -0.15) is 0 Å². The first-order valence-electron chi connectivity index (χ1n) is 8.53. The zero-order chi connectivity index (χ0) is 14.3. The maximum absolute atomic E-state index is 5.46. The van der Waals surface area contributed by atoms with Gasteiger partial charge in [0.15, 0.2) is 0 Å². The topological polar surface area (TPSA) is 24.5 Å². The summed E-state index contributed by atoms with van der Waals surface area (Å²) >= 11 is 0. The van der Waals surface area contributed by atoms with Crippen LogP contribution in [0.3, 0.4) is 0 Å². The molecule has 0 bridgehead atoms. The fraction of sp³-hybridized carbons (Fsp3) is 0.667. The van der Waals surface area contributed by atoms with Crippen LogP contribution in [0.25, 0.3) is 0 Å². The van der Waals surface area contributed by atoms with Crippen molar-refractivity contribution in [2.24, 2.45) is 0 Å². The number of nitrogens with zero attached hydrogens (tertiary/aromatic N) is 1. The van der Waals surface area contributed by atoms with E-state index < -0.39 is 0 Å². The van der Waals surface area contributed by atoms with Crippen LogP contribution in [0.5, 0.6) is 0 Å². The second kappa shape index (κ2) is 7.92. The summed E-state index contributed by atoms with van der Waals surface area (Å²) in [5, 5.41) is 3.80. The number of nitrogens with one attached hydrogen (secondary N) is 1. The maximum atomic E-state index is 5.46. The molecule has 0 saturated carbocycles. The zero-order valence-corrected chi connectivity index (χ0v) is 13.0. The van der Waals surface area contributed by atoms with Crippen LogP contribution in [0.2, 0.25) is 0 Å². The third kappa shape index (κ3) is 4.29. The highest BCUT2D eigenvalue weighted by Gasteiger charge is 2.23. The SMILES string of the molecule is c1ccc(C(CNC2CCOCC2)N2CCCCC2)cc1. The van der Waals surface area contributed by atoms with Crippen LogP contribution in [0.1, 0.15) is 43.7 Å². The van der Waals surface area contributed by atoms with Gasteiger partial charge in [-0.1, -0.05) is 36.8 Å². The van der Waals surface area contributed by atoms with E-state index in [1.165, 1.54) is 37.9 Å². The molecule has 0 aliphatic carbocycles. The monoisotopic (exact) mass is 288 g/mol. The highest BCUT2D eigenvalue weighted by atomic mass is 16.5. The minimum Gasteiger partial charge on any atom is -0.381 e. The van der Waals surface area contributed by atoms with Crippen LogP contribution in [0.15, 0.2) is 30.3 Å². The van der Waals surface area contributed by atoms with Crippen molar-refractivity contribution in [2.75, 3.05) is 32.8 Å². The lowest BCUT2D eigenvalue weighted by Crippen LogP contribution is -2.43. The minimum absolute atomic E-state index is 0.523. The number of hydrogen-bond donors (Lipinski definition) is 1. The Balaban J connectivity index is 1.63. The molecule has 0 spiro atoms. The second-order valence-corrected chi connectivity index (χ2v) is 6.32. The molecule has 2 aliphatic heterocycles. The molecule has 0 aromatic heterocycles. The molecule has 3 nitrogen and oxygen atoms in total. The van der Waals surface area contributed by atoms with Gasteiger partial charge in [0.25, 0.3) is 0 Å². The summed E-state index contributed by atoms with van der Waals surface area (Å²) in [5.41, 5.74) is 1.46. The van der Waals surface area contributed by atoms with Crippen LogP contribution < -0.4 is 5.32 Å². The standard InChI is InChI=1S/C18H28N2O/c1-3-7-16(8-4-1)18(20-11-5-2-6-12-20)15-19-17-9-13-21-14-10-17/h1,3-4,7-8,17-19H,2,5-6,9-15H2. The van der Waals surface area contributed by atoms with Gasteiger partial charge in [-0.3, -0.25) is 4.90 Å². The number of ether oxygens (including phenoxy) is 1. The fourth-order valence-corrected chi connectivity index (χ4v) is 3.54. The molecule has 3 rings (SSSR count). The summed E-state index contributed by atoms with van der Waals surface area (Å²) in [5.74, 6) is 0. The van der Waals surface area contributed by atoms with Gasteiger partial charge >= 0.3 is 0 Å². The minimum atomic E-state index is 0.523. The van der Waals surface area contributed by atoms with Crippen molar-refractivity contribution >= 4 is 0 Å². The van der Waals surface area contributed by atoms with Crippen molar-refractivity contribution in [3.63, 3.8) is 0 Å². The molecule has 2 saturated heterocycles. The average Bonchev–Trinajstić information content (AvgIpc) is 2.58. The summed E-state index contributed by atoms with van der Waals surface area (Å²) in [6.45, 7) is 5.38. The Bertz CT molecular complexity index is 397. The van der Waals surface area contributed by atoms with Gasteiger partial charge in [-0.05, 0) is 44.3 Å². The molecule has 1 aromatic carbocycles. The Hall–Kier alpha value is -0.900. The maximum Gasteiger partial charge on any atom is 0.0480 e. The molecule has 2 fully saturated rings. The lowest BCUT2D eigenvalue weighted by atomic mass is 10.0. The van der Waals surface area contributed by atoms with Gasteiger partial charge in [0.2, 0.25) is 0 Å². The first-order chi connectivity index (χ1) is 10.4. The highest BCUT2D eigenvalue weighted by Crippen LogP contribution is 2.24. The Morgan fingerprint density at radius 2 is 1.76 bits per heavy atom. The predicted molar refractivity (Wildman–Crippen MR) is 86.5 cm³/mol. The number of piperidine rings is 1. The van der Waals surface area contributed by atoms with E-state index in [0.717, 1.165) is 32.6 Å². The van der Waals surface area contributed by atoms with Crippen LogP contribution >= 0.6 is 0 Å². The molecule has 1 unspecified atom stereocenters. The summed E-state index contributed by atoms with van der Waals surface area (Å²) in [6, 6.07) is 12.2. The van der Waals surface area contributed by atoms with Crippen LogP contribution in [0.4, 0.5) is 0 Å². The van der Waals surface area contributed by atoms with Gasteiger partial charge in [0.05, 0.1) is 0 Å². The van der Waals surface area contributed by atoms with Crippen molar-refractivity contribution in [3.05, 3.63) is 35.9 Å². The molecule has 1 aromatic rings. The van der Waals surface area contributed by atoms with Crippen molar-refractivity contribution in [1.29, 1.82) is 0 Å². The van der Waals surface area contributed by atoms with Gasteiger partial charge in [-0.25, -0.2) is 0 Å². The molecule has 3 heteroatoms. The number of rotatable bonds is 5. The molecule has 2 heterocycles. The number of benzene rings is 1. The molecule has 0 radical (unpaired) electrons. The highest BCUT2D eigenvalue weighted by molar-refractivity contribution is 5.19. The van der Waals surface area contributed by atoms with E-state index in [9.17, 15) is 0 Å². The van der Waals surface area contributed by atoms with E-state index in [1.54, 1.807) is 0 Å². The Morgan fingerprint density at radius 1 is 1.05 bits per heavy atom. The average molecular weight is 288 g/mol. The third-order valence-corrected chi connectivity index (χ3v) is 4.84. The quantitative estimate of drug-likeness (QED) is 0.901. The van der Waals surface area contributed by atoms with E-state index in [1.807, 2.05) is 0 Å². The van der Waals surface area contributed by atoms with E-state index >= 15 is 0 Å². The first-order valence-corrected chi connectivity index (χ1v) is 8.53. The van der Waals surface area contributed by atoms with Crippen molar-refractivity contribution in [2.45, 2.75) is 44.2 Å². The van der Waals surface area contributed by atoms with Crippen LogP contribution in [-0.4, -0.2) is 43.8 Å². The first kappa shape index (κ1) is 15.0. The lowest BCUT2D eigenvalue weighted by molar-refractivity contribution is 0.0737. The Morgan fingerprint density at radius 3 is 2.48 bits per heavy atom. The van der Waals surface area contributed by atoms with Crippen molar-refractivity contribution in [1.82, 2.24) is 10.2 Å². The fourth-order valence-electron chi connectivity index (χ4n) is 3.54. The molecular weight excluding hydrogens is 260 g/mol. The van der Waals surface area contributed by atoms with Gasteiger partial charge in [-0.15, -0.1) is 0 Å². The molecule has 116 valence electrons. The van der Waals surface area contributed by atoms with Gasteiger partial charge in [0.1, 0.15) is 0 Å². The molecule has 1 N–H and O–H groups in total.